The number of aromatic nitrogens is 2. The molecular weight excluding hydrogens is 230 g/mol. The van der Waals surface area contributed by atoms with Crippen LogP contribution in [0.3, 0.4) is 0 Å². The van der Waals surface area contributed by atoms with Crippen molar-refractivity contribution in [2.45, 2.75) is 32.2 Å². The minimum absolute atomic E-state index is 0.416. The Morgan fingerprint density at radius 2 is 2.35 bits per heavy atom. The minimum Gasteiger partial charge on any atom is -0.363 e. The van der Waals surface area contributed by atoms with Gasteiger partial charge in [-0.25, -0.2) is 9.97 Å². The van der Waals surface area contributed by atoms with E-state index in [1.807, 2.05) is 30.5 Å². The molecule has 0 aliphatic heterocycles. The van der Waals surface area contributed by atoms with Crippen LogP contribution in [0.5, 0.6) is 0 Å². The Balaban J connectivity index is 1.84. The Bertz CT molecular complexity index is 521. The lowest BCUT2D eigenvalue weighted by atomic mass is 9.94. The van der Waals surface area contributed by atoms with Crippen LogP contribution in [0.15, 0.2) is 23.7 Å². The fourth-order valence-corrected chi connectivity index (χ4v) is 3.34. The maximum absolute atomic E-state index is 4.41. The molecule has 88 valence electrons. The fourth-order valence-electron chi connectivity index (χ4n) is 2.35. The van der Waals surface area contributed by atoms with E-state index in [0.29, 0.717) is 6.04 Å². The molecule has 1 atom stereocenters. The lowest BCUT2D eigenvalue weighted by Gasteiger charge is -2.24. The van der Waals surface area contributed by atoms with Crippen LogP contribution in [-0.4, -0.2) is 9.97 Å². The van der Waals surface area contributed by atoms with Crippen molar-refractivity contribution in [3.63, 3.8) is 0 Å². The van der Waals surface area contributed by atoms with Gasteiger partial charge in [0.15, 0.2) is 0 Å². The fraction of sp³-hybridized carbons (Fsp3) is 0.385. The molecule has 0 amide bonds. The van der Waals surface area contributed by atoms with Gasteiger partial charge in [0, 0.05) is 11.1 Å². The van der Waals surface area contributed by atoms with Gasteiger partial charge in [-0.3, -0.25) is 0 Å². The lowest BCUT2D eigenvalue weighted by molar-refractivity contribution is 0.606. The topological polar surface area (TPSA) is 37.8 Å². The molecule has 2 aromatic rings. The summed E-state index contributed by atoms with van der Waals surface area (Å²) in [7, 11) is 0. The van der Waals surface area contributed by atoms with Gasteiger partial charge in [0.2, 0.25) is 0 Å². The van der Waals surface area contributed by atoms with Gasteiger partial charge in [0.25, 0.3) is 0 Å². The number of thiophene rings is 1. The molecule has 3 nitrogen and oxygen atoms in total. The van der Waals surface area contributed by atoms with Crippen LogP contribution in [0.2, 0.25) is 0 Å². The molecule has 0 saturated carbocycles. The molecule has 0 radical (unpaired) electrons. The summed E-state index contributed by atoms with van der Waals surface area (Å²) >= 11 is 1.87. The number of hydrogen-bond donors (Lipinski definition) is 1. The van der Waals surface area contributed by atoms with Crippen molar-refractivity contribution < 1.29 is 0 Å². The first-order chi connectivity index (χ1) is 8.33. The van der Waals surface area contributed by atoms with E-state index in [-0.39, 0.29) is 0 Å². The van der Waals surface area contributed by atoms with Gasteiger partial charge in [-0.05, 0) is 49.3 Å². The van der Waals surface area contributed by atoms with Gasteiger partial charge >= 0.3 is 0 Å². The third-order valence-electron chi connectivity index (χ3n) is 3.15. The molecule has 2 heterocycles. The van der Waals surface area contributed by atoms with Gasteiger partial charge in [0.1, 0.15) is 11.6 Å². The Morgan fingerprint density at radius 3 is 3.24 bits per heavy atom. The van der Waals surface area contributed by atoms with E-state index in [1.165, 1.54) is 29.7 Å². The van der Waals surface area contributed by atoms with E-state index >= 15 is 0 Å². The Hall–Kier alpha value is -1.42. The van der Waals surface area contributed by atoms with Gasteiger partial charge in [-0.1, -0.05) is 0 Å². The molecule has 1 aliphatic carbocycles. The van der Waals surface area contributed by atoms with Crippen LogP contribution in [0.4, 0.5) is 5.82 Å². The average molecular weight is 245 g/mol. The van der Waals surface area contributed by atoms with Gasteiger partial charge < -0.3 is 5.32 Å². The number of rotatable bonds is 2. The second-order valence-corrected chi connectivity index (χ2v) is 5.38. The highest BCUT2D eigenvalue weighted by atomic mass is 32.1. The molecule has 0 bridgehead atoms. The molecule has 17 heavy (non-hydrogen) atoms. The number of anilines is 1. The number of nitrogens with zero attached hydrogens (tertiary/aromatic N) is 2. The van der Waals surface area contributed by atoms with Crippen LogP contribution in [0, 0.1) is 6.92 Å². The highest BCUT2D eigenvalue weighted by Crippen LogP contribution is 2.35. The Morgan fingerprint density at radius 1 is 1.41 bits per heavy atom. The van der Waals surface area contributed by atoms with Crippen molar-refractivity contribution >= 4 is 17.2 Å². The second kappa shape index (κ2) is 4.45. The summed E-state index contributed by atoms with van der Waals surface area (Å²) in [6.07, 6.45) is 5.48. The largest absolute Gasteiger partial charge is 0.363 e. The van der Waals surface area contributed by atoms with E-state index in [0.717, 1.165) is 11.6 Å². The van der Waals surface area contributed by atoms with Crippen LogP contribution in [-0.2, 0) is 6.42 Å². The van der Waals surface area contributed by atoms with Crippen molar-refractivity contribution in [2.75, 3.05) is 5.32 Å². The summed E-state index contributed by atoms with van der Waals surface area (Å²) in [6.45, 7) is 1.92. The quantitative estimate of drug-likeness (QED) is 0.881. The molecule has 1 unspecified atom stereocenters. The third kappa shape index (κ3) is 2.17. The van der Waals surface area contributed by atoms with Crippen LogP contribution >= 0.6 is 11.3 Å². The summed E-state index contributed by atoms with van der Waals surface area (Å²) in [5, 5.41) is 5.71. The zero-order valence-corrected chi connectivity index (χ0v) is 10.6. The highest BCUT2D eigenvalue weighted by molar-refractivity contribution is 7.10. The second-order valence-electron chi connectivity index (χ2n) is 4.38. The molecule has 0 fully saturated rings. The summed E-state index contributed by atoms with van der Waals surface area (Å²) < 4.78 is 0. The predicted octanol–water partition coefficient (Wildman–Crippen LogP) is 3.34. The van der Waals surface area contributed by atoms with Crippen LogP contribution < -0.4 is 5.32 Å². The summed E-state index contributed by atoms with van der Waals surface area (Å²) in [4.78, 5) is 10.1. The Kier molecular flexibility index (Phi) is 2.81. The lowest BCUT2D eigenvalue weighted by Crippen LogP contribution is -2.16. The summed E-state index contributed by atoms with van der Waals surface area (Å²) in [6, 6.07) is 4.60. The Labute approximate surface area is 105 Å². The summed E-state index contributed by atoms with van der Waals surface area (Å²) in [5.74, 6) is 1.75. The molecule has 0 aromatic carbocycles. The number of fused-ring (bicyclic) bond motifs is 1. The van der Waals surface area contributed by atoms with E-state index in [1.54, 1.807) is 0 Å². The maximum Gasteiger partial charge on any atom is 0.130 e. The van der Waals surface area contributed by atoms with Crippen molar-refractivity contribution in [3.05, 3.63) is 40.0 Å². The SMILES string of the molecule is Cc1nccc(NC2CCCc3sccc32)n1. The van der Waals surface area contributed by atoms with E-state index in [2.05, 4.69) is 26.7 Å². The van der Waals surface area contributed by atoms with E-state index in [9.17, 15) is 0 Å². The molecule has 2 aromatic heterocycles. The molecule has 0 spiro atoms. The van der Waals surface area contributed by atoms with Crippen LogP contribution in [0.1, 0.15) is 35.1 Å². The number of hydrogen-bond acceptors (Lipinski definition) is 4. The zero-order chi connectivity index (χ0) is 11.7. The van der Waals surface area contributed by atoms with Crippen molar-refractivity contribution in [1.29, 1.82) is 0 Å². The van der Waals surface area contributed by atoms with Crippen molar-refractivity contribution in [2.24, 2.45) is 0 Å². The van der Waals surface area contributed by atoms with Crippen LogP contribution in [0.25, 0.3) is 0 Å². The third-order valence-corrected chi connectivity index (χ3v) is 4.15. The molecular formula is C13H15N3S. The molecule has 0 saturated heterocycles. The smallest absolute Gasteiger partial charge is 0.130 e. The molecule has 1 N–H and O–H groups in total. The normalized spacial score (nSPS) is 18.8. The summed E-state index contributed by atoms with van der Waals surface area (Å²) in [5.41, 5.74) is 1.46. The molecule has 3 rings (SSSR count). The first kappa shape index (κ1) is 10.7. The highest BCUT2D eigenvalue weighted by Gasteiger charge is 2.21. The first-order valence-corrected chi connectivity index (χ1v) is 6.83. The number of aryl methyl sites for hydroxylation is 2. The first-order valence-electron chi connectivity index (χ1n) is 5.95. The van der Waals surface area contributed by atoms with Gasteiger partial charge in [0.05, 0.1) is 6.04 Å². The average Bonchev–Trinajstić information content (AvgIpc) is 2.78. The zero-order valence-electron chi connectivity index (χ0n) is 9.81. The van der Waals surface area contributed by atoms with Gasteiger partial charge in [-0.2, -0.15) is 0 Å². The predicted molar refractivity (Wildman–Crippen MR) is 70.4 cm³/mol. The van der Waals surface area contributed by atoms with E-state index in [4.69, 9.17) is 0 Å². The monoisotopic (exact) mass is 245 g/mol. The maximum atomic E-state index is 4.41. The van der Waals surface area contributed by atoms with E-state index < -0.39 is 0 Å². The standard InChI is InChI=1S/C13H15N3S/c1-9-14-7-5-13(15-9)16-11-3-2-4-12-10(11)6-8-17-12/h5-8,11H,2-4H2,1H3,(H,14,15,16). The van der Waals surface area contributed by atoms with Crippen molar-refractivity contribution in [1.82, 2.24) is 9.97 Å². The minimum atomic E-state index is 0.416. The number of nitrogens with one attached hydrogen (secondary N) is 1. The van der Waals surface area contributed by atoms with Gasteiger partial charge in [-0.15, -0.1) is 11.3 Å². The molecule has 1 aliphatic rings. The van der Waals surface area contributed by atoms with Crippen molar-refractivity contribution in [3.8, 4) is 0 Å². The molecule has 4 heteroatoms.